The minimum absolute atomic E-state index is 0.0249. The number of anilines is 2. The molecule has 0 aliphatic heterocycles. The summed E-state index contributed by atoms with van der Waals surface area (Å²) in [5, 5.41) is 18.6. The molecule has 0 fully saturated rings. The minimum Gasteiger partial charge on any atom is -0.462 e. The molecule has 0 spiro atoms. The molecule has 0 aliphatic carbocycles. The number of esters is 2. The van der Waals surface area contributed by atoms with Gasteiger partial charge in [0.05, 0.1) is 13.2 Å². The maximum absolute atomic E-state index is 11.9. The molecule has 226 valence electrons. The first-order valence-electron chi connectivity index (χ1n) is 14.7. The van der Waals surface area contributed by atoms with Crippen LogP contribution in [0.2, 0.25) is 0 Å². The van der Waals surface area contributed by atoms with Crippen LogP contribution in [-0.2, 0) is 32.2 Å². The predicted octanol–water partition coefficient (Wildman–Crippen LogP) is 6.68. The van der Waals surface area contributed by atoms with E-state index in [0.717, 1.165) is 48.7 Å². The van der Waals surface area contributed by atoms with Gasteiger partial charge in [-0.15, -0.1) is 0 Å². The van der Waals surface area contributed by atoms with Gasteiger partial charge in [-0.1, -0.05) is 48.5 Å². The third-order valence-corrected chi connectivity index (χ3v) is 6.90. The zero-order valence-corrected chi connectivity index (χ0v) is 25.7. The maximum atomic E-state index is 11.9. The summed E-state index contributed by atoms with van der Waals surface area (Å²) in [4.78, 5) is 28.3. The molecule has 0 radical (unpaired) electrons. The Morgan fingerprint density at radius 2 is 0.955 bits per heavy atom. The van der Waals surface area contributed by atoms with Gasteiger partial charge in [0.1, 0.15) is 23.3 Å². The molecule has 8 nitrogen and oxygen atoms in total. The van der Waals surface area contributed by atoms with E-state index in [2.05, 4.69) is 47.9 Å². The van der Waals surface area contributed by atoms with E-state index in [1.54, 1.807) is 26.0 Å². The van der Waals surface area contributed by atoms with Crippen LogP contribution in [0.3, 0.4) is 0 Å². The largest absolute Gasteiger partial charge is 0.462 e. The molecular weight excluding hydrogens is 552 g/mol. The van der Waals surface area contributed by atoms with Crippen molar-refractivity contribution in [3.8, 4) is 12.1 Å². The molecule has 3 rings (SSSR count). The molecule has 0 amide bonds. The summed E-state index contributed by atoms with van der Waals surface area (Å²) in [6, 6.07) is 27.9. The predicted molar refractivity (Wildman–Crippen MR) is 173 cm³/mol. The van der Waals surface area contributed by atoms with Crippen molar-refractivity contribution in [2.45, 2.75) is 40.8 Å². The smallest absolute Gasteiger partial charge is 0.348 e. The fourth-order valence-corrected chi connectivity index (χ4v) is 4.55. The number of nitrogens with zero attached hydrogens (tertiary/aromatic N) is 4. The van der Waals surface area contributed by atoms with Crippen LogP contribution in [0, 0.1) is 22.7 Å². The zero-order chi connectivity index (χ0) is 31.9. The van der Waals surface area contributed by atoms with Crippen molar-refractivity contribution in [3.63, 3.8) is 0 Å². The highest BCUT2D eigenvalue weighted by Crippen LogP contribution is 2.22. The monoisotopic (exact) mass is 590 g/mol. The van der Waals surface area contributed by atoms with Crippen molar-refractivity contribution in [2.75, 3.05) is 36.1 Å². The van der Waals surface area contributed by atoms with Gasteiger partial charge in [-0.05, 0) is 86.4 Å². The molecule has 3 aromatic rings. The summed E-state index contributed by atoms with van der Waals surface area (Å²) in [6.07, 6.45) is 3.08. The van der Waals surface area contributed by atoms with Gasteiger partial charge in [-0.25, -0.2) is 9.59 Å². The lowest BCUT2D eigenvalue weighted by molar-refractivity contribution is -0.138. The topological polar surface area (TPSA) is 107 Å². The summed E-state index contributed by atoms with van der Waals surface area (Å²) in [6.45, 7) is 11.2. The number of hydrogen-bond donors (Lipinski definition) is 0. The molecule has 0 atom stereocenters. The van der Waals surface area contributed by atoms with Crippen LogP contribution in [0.5, 0.6) is 0 Å². The molecule has 8 heteroatoms. The van der Waals surface area contributed by atoms with E-state index in [4.69, 9.17) is 9.47 Å². The minimum atomic E-state index is -0.618. The zero-order valence-electron chi connectivity index (χ0n) is 25.7. The Hall–Kier alpha value is -5.34. The van der Waals surface area contributed by atoms with Gasteiger partial charge in [-0.2, -0.15) is 10.5 Å². The average Bonchev–Trinajstić information content (AvgIpc) is 3.05. The first-order valence-corrected chi connectivity index (χ1v) is 14.7. The quantitative estimate of drug-likeness (QED) is 0.116. The number of benzene rings is 3. The Morgan fingerprint density at radius 3 is 1.23 bits per heavy atom. The molecule has 0 unspecified atom stereocenters. The van der Waals surface area contributed by atoms with Gasteiger partial charge in [0.15, 0.2) is 0 Å². The Bertz CT molecular complexity index is 1430. The Labute approximate surface area is 260 Å². The highest BCUT2D eigenvalue weighted by molar-refractivity contribution is 5.98. The standard InChI is InChI=1S/C36H38N4O4/c1-5-39(33-17-13-27(14-18-33)21-31(23-37)35(41)43-7-3)25-29-9-11-30(12-10-29)26-40(6-2)34-19-15-28(16-20-34)22-32(24-38)36(42)44-8-4/h9-22H,5-8,25-26H2,1-4H3/b31-21+,32-22+. The van der Waals surface area contributed by atoms with Crippen molar-refractivity contribution in [3.05, 3.63) is 106 Å². The van der Waals surface area contributed by atoms with Crippen molar-refractivity contribution in [1.82, 2.24) is 0 Å². The van der Waals surface area contributed by atoms with Crippen LogP contribution in [0.15, 0.2) is 83.9 Å². The number of nitriles is 2. The van der Waals surface area contributed by atoms with Crippen LogP contribution in [0.1, 0.15) is 49.9 Å². The second kappa shape index (κ2) is 16.9. The van der Waals surface area contributed by atoms with Crippen LogP contribution in [0.4, 0.5) is 11.4 Å². The lowest BCUT2D eigenvalue weighted by atomic mass is 10.1. The van der Waals surface area contributed by atoms with Crippen LogP contribution >= 0.6 is 0 Å². The molecule has 0 heterocycles. The Balaban J connectivity index is 1.65. The van der Waals surface area contributed by atoms with Crippen LogP contribution in [0.25, 0.3) is 12.2 Å². The summed E-state index contributed by atoms with van der Waals surface area (Å²) in [5.74, 6) is -1.24. The first-order chi connectivity index (χ1) is 21.3. The molecule has 0 aliphatic rings. The molecule has 44 heavy (non-hydrogen) atoms. The number of ether oxygens (including phenoxy) is 2. The van der Waals surface area contributed by atoms with E-state index in [9.17, 15) is 20.1 Å². The van der Waals surface area contributed by atoms with E-state index in [1.165, 1.54) is 11.1 Å². The van der Waals surface area contributed by atoms with Gasteiger partial charge in [-0.3, -0.25) is 0 Å². The number of rotatable bonds is 14. The van der Waals surface area contributed by atoms with Gasteiger partial charge in [0.25, 0.3) is 0 Å². The molecule has 0 bridgehead atoms. The summed E-state index contributed by atoms with van der Waals surface area (Å²) in [5.41, 5.74) is 5.92. The SMILES string of the molecule is CCOC(=O)/C(C#N)=C/c1ccc(N(CC)Cc2ccc(CN(CC)c3ccc(/C=C(\C#N)C(=O)OCC)cc3)cc2)cc1. The molecule has 0 saturated carbocycles. The second-order valence-corrected chi connectivity index (χ2v) is 9.81. The maximum Gasteiger partial charge on any atom is 0.348 e. The van der Waals surface area contributed by atoms with E-state index in [1.807, 2.05) is 60.7 Å². The molecular formula is C36H38N4O4. The van der Waals surface area contributed by atoms with Gasteiger partial charge < -0.3 is 19.3 Å². The number of carbonyl (C=O) groups excluding carboxylic acids is 2. The van der Waals surface area contributed by atoms with Crippen molar-refractivity contribution >= 4 is 35.5 Å². The van der Waals surface area contributed by atoms with E-state index < -0.39 is 11.9 Å². The molecule has 3 aromatic carbocycles. The van der Waals surface area contributed by atoms with E-state index in [0.29, 0.717) is 0 Å². The van der Waals surface area contributed by atoms with Gasteiger partial charge in [0, 0.05) is 37.6 Å². The molecule has 0 N–H and O–H groups in total. The highest BCUT2D eigenvalue weighted by atomic mass is 16.5. The van der Waals surface area contributed by atoms with Crippen molar-refractivity contribution in [1.29, 1.82) is 10.5 Å². The number of hydrogen-bond acceptors (Lipinski definition) is 8. The second-order valence-electron chi connectivity index (χ2n) is 9.81. The van der Waals surface area contributed by atoms with Gasteiger partial charge >= 0.3 is 11.9 Å². The lowest BCUT2D eigenvalue weighted by Crippen LogP contribution is -2.23. The fraction of sp³-hybridized carbons (Fsp3) is 0.278. The summed E-state index contributed by atoms with van der Waals surface area (Å²) >= 11 is 0. The highest BCUT2D eigenvalue weighted by Gasteiger charge is 2.12. The van der Waals surface area contributed by atoms with Crippen molar-refractivity contribution < 1.29 is 19.1 Å². The average molecular weight is 591 g/mol. The summed E-state index contributed by atoms with van der Waals surface area (Å²) < 4.78 is 9.88. The Morgan fingerprint density at radius 1 is 0.614 bits per heavy atom. The van der Waals surface area contributed by atoms with E-state index >= 15 is 0 Å². The third kappa shape index (κ3) is 9.34. The number of carbonyl (C=O) groups is 2. The Kier molecular flexibility index (Phi) is 12.8. The normalized spacial score (nSPS) is 11.2. The fourth-order valence-electron chi connectivity index (χ4n) is 4.55. The van der Waals surface area contributed by atoms with Crippen LogP contribution in [-0.4, -0.2) is 38.2 Å². The molecule has 0 saturated heterocycles. The summed E-state index contributed by atoms with van der Waals surface area (Å²) in [7, 11) is 0. The molecule has 0 aromatic heterocycles. The lowest BCUT2D eigenvalue weighted by Gasteiger charge is -2.25. The first kappa shape index (κ1) is 33.2. The van der Waals surface area contributed by atoms with Crippen molar-refractivity contribution in [2.24, 2.45) is 0 Å². The van der Waals surface area contributed by atoms with Crippen LogP contribution < -0.4 is 9.80 Å². The van der Waals surface area contributed by atoms with E-state index in [-0.39, 0.29) is 24.4 Å². The third-order valence-electron chi connectivity index (χ3n) is 6.90. The van der Waals surface area contributed by atoms with Gasteiger partial charge in [0.2, 0.25) is 0 Å².